The normalized spacial score (nSPS) is 12.5. The zero-order valence-corrected chi connectivity index (χ0v) is 15.9. The molecule has 1 atom stereocenters. The Morgan fingerprint density at radius 1 is 1.18 bits per heavy atom. The minimum atomic E-state index is -0.201. The third-order valence-electron chi connectivity index (χ3n) is 4.47. The van der Waals surface area contributed by atoms with Crippen LogP contribution in [-0.4, -0.2) is 24.8 Å². The maximum atomic E-state index is 12.3. The van der Waals surface area contributed by atoms with Gasteiger partial charge < -0.3 is 9.88 Å². The Morgan fingerprint density at radius 2 is 2.00 bits per heavy atom. The van der Waals surface area contributed by atoms with Crippen molar-refractivity contribution in [2.24, 2.45) is 0 Å². The lowest BCUT2D eigenvalue weighted by Crippen LogP contribution is -2.24. The molecule has 3 heterocycles. The third-order valence-corrected chi connectivity index (χ3v) is 4.75. The lowest BCUT2D eigenvalue weighted by atomic mass is 10.1. The molecule has 3 aromatic heterocycles. The van der Waals surface area contributed by atoms with Crippen LogP contribution in [0.1, 0.15) is 24.2 Å². The molecule has 4 rings (SSSR count). The van der Waals surface area contributed by atoms with E-state index in [2.05, 4.69) is 15.3 Å². The Labute approximate surface area is 167 Å². The molecule has 0 saturated carbocycles. The quantitative estimate of drug-likeness (QED) is 0.522. The molecule has 140 valence electrons. The zero-order valence-electron chi connectivity index (χ0n) is 15.2. The van der Waals surface area contributed by atoms with E-state index in [9.17, 15) is 4.79 Å². The number of halogens is 1. The van der Waals surface area contributed by atoms with Crippen LogP contribution in [0.2, 0.25) is 5.15 Å². The van der Waals surface area contributed by atoms with E-state index < -0.39 is 0 Å². The molecule has 1 aromatic carbocycles. The number of nitrogens with zero attached hydrogens (tertiary/aromatic N) is 4. The molecular weight excluding hydrogens is 374 g/mol. The Balaban J connectivity index is 1.44. The first-order valence-corrected chi connectivity index (χ1v) is 9.19. The number of amides is 1. The smallest absolute Gasteiger partial charge is 0.244 e. The number of hydrogen-bond donors (Lipinski definition) is 1. The lowest BCUT2D eigenvalue weighted by Gasteiger charge is -2.13. The van der Waals surface area contributed by atoms with Gasteiger partial charge in [0, 0.05) is 30.4 Å². The number of aromatic nitrogens is 4. The van der Waals surface area contributed by atoms with Gasteiger partial charge in [0.2, 0.25) is 5.91 Å². The number of benzene rings is 1. The molecule has 0 spiro atoms. The molecule has 0 saturated heterocycles. The van der Waals surface area contributed by atoms with Gasteiger partial charge in [-0.1, -0.05) is 29.8 Å². The molecule has 0 aliphatic carbocycles. The molecule has 1 N–H and O–H groups in total. The highest BCUT2D eigenvalue weighted by atomic mass is 35.5. The molecule has 1 unspecified atom stereocenters. The van der Waals surface area contributed by atoms with Crippen molar-refractivity contribution in [2.75, 3.05) is 0 Å². The topological polar surface area (TPSA) is 64.2 Å². The number of carbonyl (C=O) groups excluding carboxylic acids is 1. The second kappa shape index (κ2) is 7.70. The van der Waals surface area contributed by atoms with Gasteiger partial charge in [0.1, 0.15) is 5.65 Å². The summed E-state index contributed by atoms with van der Waals surface area (Å²) >= 11 is 6.19. The molecule has 28 heavy (non-hydrogen) atoms. The standard InChI is InChI=1S/C21H18ClN5O/c1-15(16-5-7-17(8-6-16)26-13-11-23-14-26)24-20(28)10-9-18-21(22)25-19-4-2-3-12-27(18)19/h2-15H,1H3,(H,24,28). The van der Waals surface area contributed by atoms with Gasteiger partial charge in [0.05, 0.1) is 18.1 Å². The van der Waals surface area contributed by atoms with Crippen LogP contribution in [0.4, 0.5) is 0 Å². The number of rotatable bonds is 5. The number of fused-ring (bicyclic) bond motifs is 1. The second-order valence-electron chi connectivity index (χ2n) is 6.34. The minimum Gasteiger partial charge on any atom is -0.346 e. The van der Waals surface area contributed by atoms with Crippen molar-refractivity contribution in [1.29, 1.82) is 0 Å². The molecule has 6 nitrogen and oxygen atoms in total. The van der Waals surface area contributed by atoms with Gasteiger partial charge in [-0.05, 0) is 42.8 Å². The van der Waals surface area contributed by atoms with Crippen LogP contribution in [0, 0.1) is 0 Å². The predicted molar refractivity (Wildman–Crippen MR) is 109 cm³/mol. The van der Waals surface area contributed by atoms with E-state index in [4.69, 9.17) is 11.6 Å². The Kier molecular flexibility index (Phi) is 4.95. The number of imidazole rings is 2. The van der Waals surface area contributed by atoms with E-state index in [1.807, 2.05) is 70.7 Å². The maximum absolute atomic E-state index is 12.3. The van der Waals surface area contributed by atoms with Gasteiger partial charge >= 0.3 is 0 Å². The lowest BCUT2D eigenvalue weighted by molar-refractivity contribution is -0.117. The SMILES string of the molecule is CC(NC(=O)C=Cc1c(Cl)nc2ccccn12)c1ccc(-n2ccnc2)cc1. The summed E-state index contributed by atoms with van der Waals surface area (Å²) in [6, 6.07) is 13.5. The van der Waals surface area contributed by atoms with E-state index in [1.54, 1.807) is 18.6 Å². The van der Waals surface area contributed by atoms with Gasteiger partial charge in [-0.25, -0.2) is 9.97 Å². The van der Waals surface area contributed by atoms with Crippen molar-refractivity contribution in [1.82, 2.24) is 24.3 Å². The summed E-state index contributed by atoms with van der Waals surface area (Å²) < 4.78 is 3.76. The molecule has 0 bridgehead atoms. The van der Waals surface area contributed by atoms with Crippen molar-refractivity contribution in [2.45, 2.75) is 13.0 Å². The highest BCUT2D eigenvalue weighted by Gasteiger charge is 2.10. The Hall–Kier alpha value is -3.38. The van der Waals surface area contributed by atoms with E-state index in [-0.39, 0.29) is 11.9 Å². The molecule has 0 aliphatic heterocycles. The fraction of sp³-hybridized carbons (Fsp3) is 0.0952. The van der Waals surface area contributed by atoms with Crippen LogP contribution in [0.3, 0.4) is 0 Å². The van der Waals surface area contributed by atoms with Crippen LogP contribution < -0.4 is 5.32 Å². The summed E-state index contributed by atoms with van der Waals surface area (Å²) in [4.78, 5) is 20.7. The van der Waals surface area contributed by atoms with Gasteiger partial charge in [-0.2, -0.15) is 0 Å². The first kappa shape index (κ1) is 18.0. The molecular formula is C21H18ClN5O. The fourth-order valence-corrected chi connectivity index (χ4v) is 3.22. The van der Waals surface area contributed by atoms with Gasteiger partial charge in [-0.15, -0.1) is 0 Å². The molecule has 0 radical (unpaired) electrons. The average Bonchev–Trinajstić information content (AvgIpc) is 3.34. The first-order valence-electron chi connectivity index (χ1n) is 8.81. The highest BCUT2D eigenvalue weighted by Crippen LogP contribution is 2.19. The Morgan fingerprint density at radius 3 is 2.75 bits per heavy atom. The summed E-state index contributed by atoms with van der Waals surface area (Å²) in [5.41, 5.74) is 3.43. The summed E-state index contributed by atoms with van der Waals surface area (Å²) in [6.07, 6.45) is 10.4. The van der Waals surface area contributed by atoms with Gasteiger partial charge in [0.25, 0.3) is 0 Å². The van der Waals surface area contributed by atoms with E-state index in [0.717, 1.165) is 16.9 Å². The number of hydrogen-bond acceptors (Lipinski definition) is 3. The minimum absolute atomic E-state index is 0.133. The van der Waals surface area contributed by atoms with Crippen LogP contribution in [0.25, 0.3) is 17.4 Å². The van der Waals surface area contributed by atoms with Crippen LogP contribution in [-0.2, 0) is 4.79 Å². The molecule has 7 heteroatoms. The number of carbonyl (C=O) groups is 1. The highest BCUT2D eigenvalue weighted by molar-refractivity contribution is 6.31. The van der Waals surface area contributed by atoms with E-state index >= 15 is 0 Å². The van der Waals surface area contributed by atoms with Crippen LogP contribution >= 0.6 is 11.6 Å². The molecule has 0 aliphatic rings. The van der Waals surface area contributed by atoms with Gasteiger partial charge in [-0.3, -0.25) is 9.20 Å². The second-order valence-corrected chi connectivity index (χ2v) is 6.70. The molecule has 0 fully saturated rings. The van der Waals surface area contributed by atoms with Crippen LogP contribution in [0.5, 0.6) is 0 Å². The maximum Gasteiger partial charge on any atom is 0.244 e. The van der Waals surface area contributed by atoms with Gasteiger partial charge in [0.15, 0.2) is 5.15 Å². The molecule has 1 amide bonds. The van der Waals surface area contributed by atoms with E-state index in [1.165, 1.54) is 6.08 Å². The zero-order chi connectivity index (χ0) is 19.5. The van der Waals surface area contributed by atoms with Crippen LogP contribution in [0.15, 0.2) is 73.5 Å². The first-order chi connectivity index (χ1) is 13.6. The average molecular weight is 392 g/mol. The number of pyridine rings is 1. The summed E-state index contributed by atoms with van der Waals surface area (Å²) in [5, 5.41) is 3.32. The molecule has 4 aromatic rings. The number of nitrogens with one attached hydrogen (secondary N) is 1. The fourth-order valence-electron chi connectivity index (χ4n) is 2.98. The largest absolute Gasteiger partial charge is 0.346 e. The summed E-state index contributed by atoms with van der Waals surface area (Å²) in [6.45, 7) is 1.94. The summed E-state index contributed by atoms with van der Waals surface area (Å²) in [5.74, 6) is -0.201. The Bertz CT molecular complexity index is 1130. The van der Waals surface area contributed by atoms with Crippen molar-refractivity contribution in [3.63, 3.8) is 0 Å². The third kappa shape index (κ3) is 3.68. The van der Waals surface area contributed by atoms with Crippen molar-refractivity contribution >= 4 is 29.2 Å². The monoisotopic (exact) mass is 391 g/mol. The summed E-state index contributed by atoms with van der Waals surface area (Å²) in [7, 11) is 0. The van der Waals surface area contributed by atoms with Crippen molar-refractivity contribution < 1.29 is 4.79 Å². The van der Waals surface area contributed by atoms with Crippen molar-refractivity contribution in [3.05, 3.63) is 89.9 Å². The predicted octanol–water partition coefficient (Wildman–Crippen LogP) is 4.06. The van der Waals surface area contributed by atoms with E-state index in [0.29, 0.717) is 10.8 Å². The van der Waals surface area contributed by atoms with Crippen molar-refractivity contribution in [3.8, 4) is 5.69 Å².